The van der Waals surface area contributed by atoms with E-state index < -0.39 is 6.36 Å². The number of amides is 2. The van der Waals surface area contributed by atoms with Gasteiger partial charge in [0.1, 0.15) is 5.69 Å². The lowest BCUT2D eigenvalue weighted by atomic mass is 9.82. The number of halogens is 3. The summed E-state index contributed by atoms with van der Waals surface area (Å²) in [5.41, 5.74) is 1.26. The molecule has 33 heavy (non-hydrogen) atoms. The van der Waals surface area contributed by atoms with E-state index in [2.05, 4.69) is 40.5 Å². The predicted octanol–water partition coefficient (Wildman–Crippen LogP) is 4.75. The molecule has 2 aliphatic rings. The number of piperidine rings is 2. The predicted molar refractivity (Wildman–Crippen MR) is 122 cm³/mol. The molecule has 2 saturated heterocycles. The van der Waals surface area contributed by atoms with Gasteiger partial charge in [0.15, 0.2) is 5.76 Å². The van der Waals surface area contributed by atoms with Crippen LogP contribution in [-0.2, 0) is 4.74 Å². The standard InChI is InChI=1S/C24H33F3N4O2/c1-5-21(33-24(25,26)27)22-20(7-6-10-28-22)17(3)18-13-16(2)14-31(15-18)23(32)29-19-8-11-30(4)12-9-19/h5-7,10,16,18-19H,3,8-9,11-15H2,1-2,4H3,(H,29,32)/b21-5+/t16-,18+/m1/s1. The number of pyridine rings is 1. The summed E-state index contributed by atoms with van der Waals surface area (Å²) in [6, 6.07) is 3.45. The summed E-state index contributed by atoms with van der Waals surface area (Å²) >= 11 is 0. The van der Waals surface area contributed by atoms with Crippen molar-refractivity contribution >= 4 is 17.4 Å². The summed E-state index contributed by atoms with van der Waals surface area (Å²) in [6.07, 6.45) is 0.493. The molecule has 182 valence electrons. The minimum absolute atomic E-state index is 0.0881. The van der Waals surface area contributed by atoms with Gasteiger partial charge in [-0.1, -0.05) is 19.6 Å². The number of allylic oxidation sites excluding steroid dienone is 1. The van der Waals surface area contributed by atoms with Gasteiger partial charge in [0.2, 0.25) is 0 Å². The van der Waals surface area contributed by atoms with Crippen LogP contribution >= 0.6 is 0 Å². The number of aromatic nitrogens is 1. The number of alkyl halides is 3. The Balaban J connectivity index is 1.74. The first-order valence-electron chi connectivity index (χ1n) is 11.4. The molecule has 0 unspecified atom stereocenters. The van der Waals surface area contributed by atoms with Crippen molar-refractivity contribution in [1.29, 1.82) is 0 Å². The van der Waals surface area contributed by atoms with E-state index in [9.17, 15) is 18.0 Å². The van der Waals surface area contributed by atoms with Crippen molar-refractivity contribution in [2.45, 2.75) is 45.5 Å². The molecule has 6 nitrogen and oxygen atoms in total. The number of carbonyl (C=O) groups excluding carboxylic acids is 1. The first-order valence-corrected chi connectivity index (χ1v) is 11.4. The van der Waals surface area contributed by atoms with E-state index in [0.717, 1.165) is 32.4 Å². The summed E-state index contributed by atoms with van der Waals surface area (Å²) < 4.78 is 42.9. The maximum Gasteiger partial charge on any atom is 0.573 e. The molecular formula is C24H33F3N4O2. The molecule has 2 aliphatic heterocycles. The Bertz CT molecular complexity index is 879. The summed E-state index contributed by atoms with van der Waals surface area (Å²) in [4.78, 5) is 21.2. The molecule has 3 heterocycles. The number of hydrogen-bond donors (Lipinski definition) is 1. The van der Waals surface area contributed by atoms with Crippen molar-refractivity contribution in [2.75, 3.05) is 33.2 Å². The Morgan fingerprint density at radius 1 is 1.30 bits per heavy atom. The van der Waals surface area contributed by atoms with Crippen LogP contribution in [0.1, 0.15) is 44.4 Å². The monoisotopic (exact) mass is 466 g/mol. The van der Waals surface area contributed by atoms with E-state index in [1.807, 2.05) is 0 Å². The minimum atomic E-state index is -4.82. The fraction of sp³-hybridized carbons (Fsp3) is 0.583. The van der Waals surface area contributed by atoms with Crippen LogP contribution in [0.25, 0.3) is 11.3 Å². The van der Waals surface area contributed by atoms with Gasteiger partial charge < -0.3 is 19.9 Å². The van der Waals surface area contributed by atoms with E-state index in [-0.39, 0.29) is 35.4 Å². The molecule has 0 spiro atoms. The maximum absolute atomic E-state index is 13.0. The van der Waals surface area contributed by atoms with Gasteiger partial charge in [-0.3, -0.25) is 4.98 Å². The fourth-order valence-corrected chi connectivity index (χ4v) is 4.64. The molecule has 2 fully saturated rings. The Morgan fingerprint density at radius 2 is 2.00 bits per heavy atom. The smallest absolute Gasteiger partial charge is 0.404 e. The summed E-state index contributed by atoms with van der Waals surface area (Å²) in [5, 5.41) is 3.16. The van der Waals surface area contributed by atoms with E-state index >= 15 is 0 Å². The molecule has 1 aromatic heterocycles. The molecule has 0 radical (unpaired) electrons. The van der Waals surface area contributed by atoms with Crippen molar-refractivity contribution in [3.63, 3.8) is 0 Å². The second-order valence-electron chi connectivity index (χ2n) is 9.10. The van der Waals surface area contributed by atoms with E-state index in [0.29, 0.717) is 24.2 Å². The molecule has 0 saturated carbocycles. The average Bonchev–Trinajstić information content (AvgIpc) is 2.77. The zero-order valence-electron chi connectivity index (χ0n) is 19.5. The number of carbonyl (C=O) groups is 1. The normalized spacial score (nSPS) is 23.3. The Kier molecular flexibility index (Phi) is 8.05. The lowest BCUT2D eigenvalue weighted by Crippen LogP contribution is -2.52. The van der Waals surface area contributed by atoms with Gasteiger partial charge in [-0.2, -0.15) is 0 Å². The van der Waals surface area contributed by atoms with Crippen LogP contribution in [0.2, 0.25) is 0 Å². The molecule has 1 aromatic rings. The fourth-order valence-electron chi connectivity index (χ4n) is 4.64. The SMILES string of the molecule is C=C(c1cccnc1/C(=C\C)OC(F)(F)F)[C@H]1C[C@@H](C)CN(C(=O)NC2CCN(C)CC2)C1. The van der Waals surface area contributed by atoms with Gasteiger partial charge in [-0.25, -0.2) is 4.79 Å². The molecule has 2 amide bonds. The first-order chi connectivity index (χ1) is 15.6. The number of urea groups is 1. The highest BCUT2D eigenvalue weighted by Crippen LogP contribution is 2.36. The second kappa shape index (κ2) is 10.6. The van der Waals surface area contributed by atoms with Gasteiger partial charge >= 0.3 is 12.4 Å². The lowest BCUT2D eigenvalue weighted by Gasteiger charge is -2.39. The van der Waals surface area contributed by atoms with Gasteiger partial charge in [0.05, 0.1) is 0 Å². The third-order valence-electron chi connectivity index (χ3n) is 6.36. The maximum atomic E-state index is 13.0. The summed E-state index contributed by atoms with van der Waals surface area (Å²) in [7, 11) is 2.08. The van der Waals surface area contributed by atoms with E-state index in [1.165, 1.54) is 19.2 Å². The minimum Gasteiger partial charge on any atom is -0.404 e. The Hall–Kier alpha value is -2.55. The number of ether oxygens (including phenoxy) is 1. The van der Waals surface area contributed by atoms with Crippen LogP contribution in [0, 0.1) is 11.8 Å². The van der Waals surface area contributed by atoms with E-state index in [4.69, 9.17) is 0 Å². The quantitative estimate of drug-likeness (QED) is 0.636. The van der Waals surface area contributed by atoms with E-state index in [1.54, 1.807) is 17.0 Å². The topological polar surface area (TPSA) is 57.7 Å². The van der Waals surface area contributed by atoms with Crippen molar-refractivity contribution < 1.29 is 22.7 Å². The third-order valence-corrected chi connectivity index (χ3v) is 6.36. The molecule has 2 atom stereocenters. The third kappa shape index (κ3) is 6.72. The number of nitrogens with one attached hydrogen (secondary N) is 1. The van der Waals surface area contributed by atoms with Crippen LogP contribution in [0.4, 0.5) is 18.0 Å². The zero-order valence-corrected chi connectivity index (χ0v) is 19.5. The average molecular weight is 467 g/mol. The van der Waals surface area contributed by atoms with Crippen LogP contribution in [0.3, 0.4) is 0 Å². The van der Waals surface area contributed by atoms with Crippen molar-refractivity contribution in [3.8, 4) is 0 Å². The second-order valence-corrected chi connectivity index (χ2v) is 9.10. The largest absolute Gasteiger partial charge is 0.573 e. The molecule has 9 heteroatoms. The summed E-state index contributed by atoms with van der Waals surface area (Å²) in [6.45, 7) is 10.8. The van der Waals surface area contributed by atoms with Gasteiger partial charge in [0, 0.05) is 36.8 Å². The van der Waals surface area contributed by atoms with Gasteiger partial charge in [-0.05, 0) is 70.0 Å². The number of likely N-dealkylation sites (tertiary alicyclic amines) is 2. The zero-order chi connectivity index (χ0) is 24.2. The molecule has 0 aliphatic carbocycles. The van der Waals surface area contributed by atoms with Crippen LogP contribution < -0.4 is 5.32 Å². The van der Waals surface area contributed by atoms with Crippen molar-refractivity contribution in [3.05, 3.63) is 42.2 Å². The summed E-state index contributed by atoms with van der Waals surface area (Å²) in [5.74, 6) is -0.222. The molecule has 0 aromatic carbocycles. The van der Waals surface area contributed by atoms with Crippen LogP contribution in [0.15, 0.2) is 31.0 Å². The van der Waals surface area contributed by atoms with Gasteiger partial charge in [-0.15, -0.1) is 13.2 Å². The highest BCUT2D eigenvalue weighted by molar-refractivity contribution is 5.78. The molecule has 0 bridgehead atoms. The van der Waals surface area contributed by atoms with Crippen molar-refractivity contribution in [2.24, 2.45) is 11.8 Å². The first kappa shape index (κ1) is 25.1. The van der Waals surface area contributed by atoms with Crippen LogP contribution in [0.5, 0.6) is 0 Å². The van der Waals surface area contributed by atoms with Gasteiger partial charge in [0.25, 0.3) is 0 Å². The van der Waals surface area contributed by atoms with Crippen molar-refractivity contribution in [1.82, 2.24) is 20.1 Å². The van der Waals surface area contributed by atoms with Crippen LogP contribution in [-0.4, -0.2) is 66.4 Å². The number of hydrogen-bond acceptors (Lipinski definition) is 4. The Morgan fingerprint density at radius 3 is 2.64 bits per heavy atom. The number of rotatable bonds is 5. The Labute approximate surface area is 193 Å². The lowest BCUT2D eigenvalue weighted by molar-refractivity contribution is -0.290. The molecular weight excluding hydrogens is 433 g/mol. The molecule has 3 rings (SSSR count). The number of nitrogens with zero attached hydrogens (tertiary/aromatic N) is 3. The highest BCUT2D eigenvalue weighted by atomic mass is 19.4. The highest BCUT2D eigenvalue weighted by Gasteiger charge is 2.35. The molecule has 1 N–H and O–H groups in total.